The molecule has 0 aliphatic heterocycles. The average Bonchev–Trinajstić information content (AvgIpc) is 2.69. The van der Waals surface area contributed by atoms with Gasteiger partial charge in [-0.15, -0.1) is 11.8 Å². The van der Waals surface area contributed by atoms with Crippen LogP contribution in [0.5, 0.6) is 0 Å². The standard InChI is InChI=1S/C20H20ClFN2O4S/c1-12-3-6-16(9-17(12)21)24-18(25)10-28-20(27)13(2)29-11-19(26)23-15-7-4-14(22)5-8-15/h3-9,13H,10-11H2,1-2H3,(H,23,26)(H,24,25). The monoisotopic (exact) mass is 438 g/mol. The van der Waals surface area contributed by atoms with E-state index >= 15 is 0 Å². The number of benzene rings is 2. The molecule has 0 fully saturated rings. The molecule has 2 amide bonds. The lowest BCUT2D eigenvalue weighted by molar-refractivity contribution is -0.146. The van der Waals surface area contributed by atoms with Crippen LogP contribution in [0.3, 0.4) is 0 Å². The summed E-state index contributed by atoms with van der Waals surface area (Å²) in [4.78, 5) is 35.8. The largest absolute Gasteiger partial charge is 0.455 e. The van der Waals surface area contributed by atoms with E-state index < -0.39 is 29.6 Å². The highest BCUT2D eigenvalue weighted by molar-refractivity contribution is 8.01. The van der Waals surface area contributed by atoms with Crippen LogP contribution in [-0.2, 0) is 19.1 Å². The number of nitrogens with one attached hydrogen (secondary N) is 2. The van der Waals surface area contributed by atoms with Crippen molar-refractivity contribution in [3.05, 3.63) is 58.9 Å². The number of hydrogen-bond acceptors (Lipinski definition) is 5. The van der Waals surface area contributed by atoms with Crippen molar-refractivity contribution >= 4 is 52.5 Å². The lowest BCUT2D eigenvalue weighted by atomic mass is 10.2. The fourth-order valence-electron chi connectivity index (χ4n) is 2.12. The van der Waals surface area contributed by atoms with Gasteiger partial charge in [-0.05, 0) is 55.8 Å². The van der Waals surface area contributed by atoms with Gasteiger partial charge in [0.05, 0.1) is 5.75 Å². The van der Waals surface area contributed by atoms with Crippen LogP contribution in [0.25, 0.3) is 0 Å². The fourth-order valence-corrected chi connectivity index (χ4v) is 2.98. The molecule has 0 heterocycles. The first kappa shape index (κ1) is 22.7. The van der Waals surface area contributed by atoms with Crippen LogP contribution in [0, 0.1) is 12.7 Å². The van der Waals surface area contributed by atoms with E-state index in [2.05, 4.69) is 10.6 Å². The number of esters is 1. The predicted octanol–water partition coefficient (Wildman–Crippen LogP) is 4.03. The van der Waals surface area contributed by atoms with Gasteiger partial charge in [-0.3, -0.25) is 14.4 Å². The maximum absolute atomic E-state index is 12.8. The summed E-state index contributed by atoms with van der Waals surface area (Å²) in [5, 5.41) is 5.06. The van der Waals surface area contributed by atoms with E-state index in [0.29, 0.717) is 16.4 Å². The third-order valence-corrected chi connectivity index (χ3v) is 5.25. The number of aryl methyl sites for hydroxylation is 1. The lowest BCUT2D eigenvalue weighted by Gasteiger charge is -2.12. The van der Waals surface area contributed by atoms with Gasteiger partial charge in [-0.1, -0.05) is 17.7 Å². The summed E-state index contributed by atoms with van der Waals surface area (Å²) in [6.45, 7) is 2.97. The summed E-state index contributed by atoms with van der Waals surface area (Å²) in [5.41, 5.74) is 1.84. The van der Waals surface area contributed by atoms with Gasteiger partial charge in [-0.2, -0.15) is 0 Å². The van der Waals surface area contributed by atoms with Crippen molar-refractivity contribution in [2.75, 3.05) is 23.0 Å². The molecule has 2 aromatic carbocycles. The fraction of sp³-hybridized carbons (Fsp3) is 0.250. The van der Waals surface area contributed by atoms with Crippen molar-refractivity contribution < 1.29 is 23.5 Å². The van der Waals surface area contributed by atoms with Gasteiger partial charge in [0.15, 0.2) is 6.61 Å². The Morgan fingerprint density at radius 3 is 2.34 bits per heavy atom. The van der Waals surface area contributed by atoms with E-state index in [4.69, 9.17) is 16.3 Å². The van der Waals surface area contributed by atoms with Crippen molar-refractivity contribution in [2.24, 2.45) is 0 Å². The van der Waals surface area contributed by atoms with Gasteiger partial charge < -0.3 is 15.4 Å². The minimum absolute atomic E-state index is 0.00169. The number of hydrogen-bond donors (Lipinski definition) is 2. The molecule has 2 N–H and O–H groups in total. The molecule has 29 heavy (non-hydrogen) atoms. The van der Waals surface area contributed by atoms with Gasteiger partial charge in [0.25, 0.3) is 5.91 Å². The highest BCUT2D eigenvalue weighted by Crippen LogP contribution is 2.20. The minimum Gasteiger partial charge on any atom is -0.455 e. The molecule has 154 valence electrons. The second-order valence-electron chi connectivity index (χ2n) is 6.13. The summed E-state index contributed by atoms with van der Waals surface area (Å²) >= 11 is 7.06. The average molecular weight is 439 g/mol. The minimum atomic E-state index is -0.643. The van der Waals surface area contributed by atoms with E-state index in [1.165, 1.54) is 24.3 Å². The molecule has 6 nitrogen and oxygen atoms in total. The molecule has 0 aromatic heterocycles. The van der Waals surface area contributed by atoms with E-state index in [0.717, 1.165) is 17.3 Å². The maximum Gasteiger partial charge on any atom is 0.319 e. The molecule has 2 rings (SSSR count). The topological polar surface area (TPSA) is 84.5 Å². The summed E-state index contributed by atoms with van der Waals surface area (Å²) in [6.07, 6.45) is 0. The molecule has 0 bridgehead atoms. The Balaban J connectivity index is 1.71. The van der Waals surface area contributed by atoms with Gasteiger partial charge in [0.2, 0.25) is 5.91 Å². The molecule has 9 heteroatoms. The van der Waals surface area contributed by atoms with Crippen LogP contribution in [0.2, 0.25) is 5.02 Å². The van der Waals surface area contributed by atoms with E-state index in [1.807, 2.05) is 6.92 Å². The van der Waals surface area contributed by atoms with E-state index in [-0.39, 0.29) is 11.7 Å². The zero-order chi connectivity index (χ0) is 21.4. The molecule has 0 saturated heterocycles. The van der Waals surface area contributed by atoms with Crippen LogP contribution >= 0.6 is 23.4 Å². The number of ether oxygens (including phenoxy) is 1. The highest BCUT2D eigenvalue weighted by Gasteiger charge is 2.18. The van der Waals surface area contributed by atoms with Crippen molar-refractivity contribution in [3.8, 4) is 0 Å². The first-order chi connectivity index (χ1) is 13.7. The molecule has 0 aliphatic rings. The van der Waals surface area contributed by atoms with Crippen LogP contribution in [0.15, 0.2) is 42.5 Å². The Labute approximate surface area is 177 Å². The molecule has 2 aromatic rings. The van der Waals surface area contributed by atoms with Gasteiger partial charge in [0, 0.05) is 16.4 Å². The highest BCUT2D eigenvalue weighted by atomic mass is 35.5. The first-order valence-electron chi connectivity index (χ1n) is 8.64. The zero-order valence-corrected chi connectivity index (χ0v) is 17.4. The number of carbonyl (C=O) groups is 3. The second-order valence-corrected chi connectivity index (χ2v) is 7.86. The number of rotatable bonds is 8. The molecule has 0 saturated carbocycles. The predicted molar refractivity (Wildman–Crippen MR) is 113 cm³/mol. The maximum atomic E-state index is 12.8. The van der Waals surface area contributed by atoms with Crippen molar-refractivity contribution in [3.63, 3.8) is 0 Å². The van der Waals surface area contributed by atoms with Crippen LogP contribution in [0.4, 0.5) is 15.8 Å². The van der Waals surface area contributed by atoms with E-state index in [1.54, 1.807) is 25.1 Å². The number of amides is 2. The van der Waals surface area contributed by atoms with Crippen molar-refractivity contribution in [1.29, 1.82) is 0 Å². The second kappa shape index (κ2) is 10.8. The molecular formula is C20H20ClFN2O4S. The normalized spacial score (nSPS) is 11.4. The molecule has 0 aliphatic carbocycles. The lowest BCUT2D eigenvalue weighted by Crippen LogP contribution is -2.26. The third-order valence-electron chi connectivity index (χ3n) is 3.73. The molecule has 1 atom stereocenters. The van der Waals surface area contributed by atoms with Crippen LogP contribution < -0.4 is 10.6 Å². The molecule has 0 spiro atoms. The summed E-state index contributed by atoms with van der Waals surface area (Å²) in [7, 11) is 0. The smallest absolute Gasteiger partial charge is 0.319 e. The van der Waals surface area contributed by atoms with Crippen LogP contribution in [0.1, 0.15) is 12.5 Å². The van der Waals surface area contributed by atoms with Gasteiger partial charge in [-0.25, -0.2) is 4.39 Å². The van der Waals surface area contributed by atoms with Crippen molar-refractivity contribution in [1.82, 2.24) is 0 Å². The van der Waals surface area contributed by atoms with Crippen molar-refractivity contribution in [2.45, 2.75) is 19.1 Å². The molecule has 1 unspecified atom stereocenters. The summed E-state index contributed by atoms with van der Waals surface area (Å²) in [5.74, 6) is -1.84. The Morgan fingerprint density at radius 2 is 1.69 bits per heavy atom. The number of carbonyl (C=O) groups excluding carboxylic acids is 3. The Kier molecular flexibility index (Phi) is 8.48. The number of thioether (sulfide) groups is 1. The van der Waals surface area contributed by atoms with E-state index in [9.17, 15) is 18.8 Å². The number of anilines is 2. The third kappa shape index (κ3) is 7.75. The summed E-state index contributed by atoms with van der Waals surface area (Å²) in [6, 6.07) is 10.4. The Hall–Kier alpha value is -2.58. The SMILES string of the molecule is Cc1ccc(NC(=O)COC(=O)C(C)SCC(=O)Nc2ccc(F)cc2)cc1Cl. The van der Waals surface area contributed by atoms with Crippen LogP contribution in [-0.4, -0.2) is 35.4 Å². The first-order valence-corrected chi connectivity index (χ1v) is 10.1. The number of halogens is 2. The van der Waals surface area contributed by atoms with Gasteiger partial charge >= 0.3 is 5.97 Å². The summed E-state index contributed by atoms with van der Waals surface area (Å²) < 4.78 is 17.8. The molecular weight excluding hydrogens is 419 g/mol. The Bertz CT molecular complexity index is 893. The van der Waals surface area contributed by atoms with Gasteiger partial charge in [0.1, 0.15) is 11.1 Å². The Morgan fingerprint density at radius 1 is 1.07 bits per heavy atom. The molecule has 0 radical (unpaired) electrons. The zero-order valence-electron chi connectivity index (χ0n) is 15.8. The quantitative estimate of drug-likeness (QED) is 0.608.